The van der Waals surface area contributed by atoms with Crippen LogP contribution in [0.25, 0.3) is 44.3 Å². The van der Waals surface area contributed by atoms with E-state index in [9.17, 15) is 14.5 Å². The van der Waals surface area contributed by atoms with Crippen LogP contribution in [0.1, 0.15) is 10.4 Å². The van der Waals surface area contributed by atoms with E-state index in [0.717, 1.165) is 39.2 Å². The second-order valence-electron chi connectivity index (χ2n) is 13.5. The van der Waals surface area contributed by atoms with Gasteiger partial charge in [-0.1, -0.05) is 36.4 Å². The number of aromatic carboxylic acids is 1. The minimum absolute atomic E-state index is 0.174. The molecule has 8 aromatic rings. The van der Waals surface area contributed by atoms with Crippen molar-refractivity contribution < 1.29 is 42.5 Å². The van der Waals surface area contributed by atoms with E-state index in [4.69, 9.17) is 33.7 Å². The van der Waals surface area contributed by atoms with Crippen molar-refractivity contribution in [3.05, 3.63) is 152 Å². The average Bonchev–Trinajstić information content (AvgIpc) is 3.29. The van der Waals surface area contributed by atoms with Gasteiger partial charge >= 0.3 is 13.6 Å². The van der Waals surface area contributed by atoms with Crippen molar-refractivity contribution in [2.45, 2.75) is 0 Å². The molecular formula is C46H38N5O9P. The molecule has 2 aliphatic rings. The highest BCUT2D eigenvalue weighted by molar-refractivity contribution is 7.53. The molecule has 3 N–H and O–H groups in total. The van der Waals surface area contributed by atoms with Crippen molar-refractivity contribution in [2.24, 2.45) is 0 Å². The minimum atomic E-state index is -3.14. The number of nitrogens with two attached hydrogens (primary N) is 1. The first-order valence-electron chi connectivity index (χ1n) is 19.0. The van der Waals surface area contributed by atoms with E-state index >= 15 is 0 Å². The maximum Gasteiger partial charge on any atom is 0.427 e. The van der Waals surface area contributed by atoms with Crippen molar-refractivity contribution >= 4 is 41.1 Å². The monoisotopic (exact) mass is 835 g/mol. The molecule has 0 radical (unpaired) electrons. The second kappa shape index (κ2) is 18.1. The SMILES string of the molecule is CP(=O)(Oc1ccccc1)Oc1ccccc1.Nc1cc(-c2ccc3c(c2)OCCO3)nc2ccncc12.O=C(O)c1cc(-c2ccc3c(c2)OCCO3)nc2ccncc12. The number of pyridine rings is 4. The van der Waals surface area contributed by atoms with E-state index in [2.05, 4.69) is 19.9 Å². The summed E-state index contributed by atoms with van der Waals surface area (Å²) in [6.45, 7) is 3.62. The molecule has 0 aliphatic carbocycles. The number of hydrogen-bond acceptors (Lipinski definition) is 13. The summed E-state index contributed by atoms with van der Waals surface area (Å²) in [4.78, 5) is 28.8. The molecule has 0 saturated heterocycles. The lowest BCUT2D eigenvalue weighted by molar-refractivity contribution is 0.0699. The highest BCUT2D eigenvalue weighted by Crippen LogP contribution is 2.44. The summed E-state index contributed by atoms with van der Waals surface area (Å²) < 4.78 is 45.0. The van der Waals surface area contributed by atoms with E-state index in [1.807, 2.05) is 84.9 Å². The Kier molecular flexibility index (Phi) is 11.9. The minimum Gasteiger partial charge on any atom is -0.486 e. The van der Waals surface area contributed by atoms with E-state index < -0.39 is 13.6 Å². The van der Waals surface area contributed by atoms with Gasteiger partial charge in [0.25, 0.3) is 0 Å². The van der Waals surface area contributed by atoms with Gasteiger partial charge in [-0.15, -0.1) is 0 Å². The zero-order valence-electron chi connectivity index (χ0n) is 32.7. The zero-order valence-corrected chi connectivity index (χ0v) is 33.6. The number of carboxylic acids is 1. The predicted octanol–water partition coefficient (Wildman–Crippen LogP) is 9.38. The smallest absolute Gasteiger partial charge is 0.427 e. The standard InChI is InChI=1S/C17H12N2O4.C16H13N3O2.C13H13O3P/c20-17(21)11-8-14(19-13-3-4-18-9-12(11)13)10-1-2-15-16(7-10)23-6-5-22-15;17-12-8-14(19-13-3-4-18-9-11(12)13)10-1-2-15-16(7-10)21-6-5-20-15;1-17(14,15-12-8-4-2-5-9-12)16-13-10-6-3-7-11-13/h1-4,7-9H,5-6H2,(H,20,21);1-4,7-9H,5-6H2,(H2,17,19);2-11H,1H3. The van der Waals surface area contributed by atoms with E-state index in [1.165, 1.54) is 12.9 Å². The van der Waals surface area contributed by atoms with Crippen molar-refractivity contribution in [3.8, 4) is 57.0 Å². The first-order valence-corrected chi connectivity index (χ1v) is 21.0. The van der Waals surface area contributed by atoms with Gasteiger partial charge in [0, 0.05) is 52.4 Å². The molecule has 306 valence electrons. The highest BCUT2D eigenvalue weighted by Gasteiger charge is 2.20. The summed E-state index contributed by atoms with van der Waals surface area (Å²) in [7, 11) is -3.14. The first kappa shape index (κ1) is 40.1. The summed E-state index contributed by atoms with van der Waals surface area (Å²) in [5, 5.41) is 10.8. The molecule has 6 heterocycles. The Balaban J connectivity index is 0.000000128. The molecule has 0 atom stereocenters. The summed E-state index contributed by atoms with van der Waals surface area (Å²) in [5.41, 5.74) is 11.4. The Morgan fingerprint density at radius 3 is 1.57 bits per heavy atom. The van der Waals surface area contributed by atoms with Gasteiger partial charge in [-0.2, -0.15) is 0 Å². The Morgan fingerprint density at radius 1 is 0.607 bits per heavy atom. The average molecular weight is 836 g/mol. The molecule has 15 heteroatoms. The molecule has 4 aromatic carbocycles. The molecule has 14 nitrogen and oxygen atoms in total. The maximum atomic E-state index is 12.1. The molecule has 0 saturated carbocycles. The molecule has 0 amide bonds. The number of ether oxygens (including phenoxy) is 4. The number of nitrogens with zero attached hydrogens (tertiary/aromatic N) is 4. The van der Waals surface area contributed by atoms with E-state index in [0.29, 0.717) is 71.7 Å². The van der Waals surface area contributed by atoms with Gasteiger partial charge in [0.2, 0.25) is 0 Å². The fourth-order valence-electron chi connectivity index (χ4n) is 6.41. The van der Waals surface area contributed by atoms with Crippen LogP contribution in [0.2, 0.25) is 0 Å². The molecule has 0 unspecified atom stereocenters. The third-order valence-corrected chi connectivity index (χ3v) is 10.3. The van der Waals surface area contributed by atoms with Crippen molar-refractivity contribution in [2.75, 3.05) is 38.8 Å². The quantitative estimate of drug-likeness (QED) is 0.145. The fourth-order valence-corrected chi connectivity index (χ4v) is 7.45. The normalized spacial score (nSPS) is 12.5. The number of aromatic nitrogens is 4. The third-order valence-electron chi connectivity index (χ3n) is 9.19. The van der Waals surface area contributed by atoms with Crippen molar-refractivity contribution in [3.63, 3.8) is 0 Å². The van der Waals surface area contributed by atoms with Crippen LogP contribution >= 0.6 is 7.60 Å². The molecule has 4 aromatic heterocycles. The Bertz CT molecular complexity index is 2840. The zero-order chi connectivity index (χ0) is 42.2. The van der Waals surface area contributed by atoms with Gasteiger partial charge in [0.15, 0.2) is 23.0 Å². The largest absolute Gasteiger partial charge is 0.486 e. The van der Waals surface area contributed by atoms with Crippen LogP contribution in [0.3, 0.4) is 0 Å². The van der Waals surface area contributed by atoms with Crippen LogP contribution in [0, 0.1) is 0 Å². The van der Waals surface area contributed by atoms with Gasteiger partial charge in [0.1, 0.15) is 37.9 Å². The number of benzene rings is 4. The summed E-state index contributed by atoms with van der Waals surface area (Å²) in [5.74, 6) is 2.90. The van der Waals surface area contributed by atoms with Crippen LogP contribution in [-0.2, 0) is 4.57 Å². The lowest BCUT2D eigenvalue weighted by atomic mass is 10.0. The number of rotatable bonds is 7. The number of carbonyl (C=O) groups is 1. The van der Waals surface area contributed by atoms with Gasteiger partial charge in [0.05, 0.1) is 34.6 Å². The molecule has 10 rings (SSSR count). The topological polar surface area (TPSA) is 187 Å². The highest BCUT2D eigenvalue weighted by atomic mass is 31.2. The van der Waals surface area contributed by atoms with Crippen LogP contribution in [-0.4, -0.2) is 64.1 Å². The van der Waals surface area contributed by atoms with Crippen LogP contribution in [0.5, 0.6) is 34.5 Å². The maximum absolute atomic E-state index is 12.1. The molecule has 0 fully saturated rings. The van der Waals surface area contributed by atoms with E-state index in [1.54, 1.807) is 55.0 Å². The van der Waals surface area contributed by atoms with Crippen LogP contribution in [0.4, 0.5) is 5.69 Å². The summed E-state index contributed by atoms with van der Waals surface area (Å²) >= 11 is 0. The van der Waals surface area contributed by atoms with Crippen LogP contribution < -0.4 is 33.7 Å². The molecule has 0 bridgehead atoms. The molecule has 0 spiro atoms. The second-order valence-corrected chi connectivity index (χ2v) is 15.4. The van der Waals surface area contributed by atoms with E-state index in [-0.39, 0.29) is 5.56 Å². The van der Waals surface area contributed by atoms with Crippen molar-refractivity contribution in [1.29, 1.82) is 0 Å². The number of fused-ring (bicyclic) bond motifs is 4. The first-order chi connectivity index (χ1) is 29.7. The Morgan fingerprint density at radius 2 is 1.07 bits per heavy atom. The number of anilines is 1. The Labute approximate surface area is 350 Å². The van der Waals surface area contributed by atoms with Gasteiger partial charge in [-0.25, -0.2) is 19.3 Å². The predicted molar refractivity (Wildman–Crippen MR) is 231 cm³/mol. The number of nitrogen functional groups attached to an aromatic ring is 1. The lowest BCUT2D eigenvalue weighted by Crippen LogP contribution is -2.15. The number of carboxylic acid groups (broad SMARTS) is 1. The number of hydrogen-bond donors (Lipinski definition) is 2. The van der Waals surface area contributed by atoms with Gasteiger partial charge in [-0.05, 0) is 84.9 Å². The van der Waals surface area contributed by atoms with Crippen LogP contribution in [0.15, 0.2) is 146 Å². The van der Waals surface area contributed by atoms with Gasteiger partial charge in [-0.3, -0.25) is 9.97 Å². The Hall–Kier alpha value is -7.70. The third kappa shape index (κ3) is 9.78. The molecule has 2 aliphatic heterocycles. The summed E-state index contributed by atoms with van der Waals surface area (Å²) in [6.07, 6.45) is 6.54. The summed E-state index contributed by atoms with van der Waals surface area (Å²) in [6, 6.07) is 36.2. The van der Waals surface area contributed by atoms with Gasteiger partial charge < -0.3 is 38.8 Å². The lowest BCUT2D eigenvalue weighted by Gasteiger charge is -2.19. The number of para-hydroxylation sites is 2. The van der Waals surface area contributed by atoms with Crippen molar-refractivity contribution in [1.82, 2.24) is 19.9 Å². The molecular weight excluding hydrogens is 798 g/mol. The fraction of sp³-hybridized carbons (Fsp3) is 0.109. The molecule has 61 heavy (non-hydrogen) atoms.